The van der Waals surface area contributed by atoms with Gasteiger partial charge in [-0.2, -0.15) is 0 Å². The Morgan fingerprint density at radius 2 is 1.77 bits per heavy atom. The zero-order chi connectivity index (χ0) is 28.4. The van der Waals surface area contributed by atoms with Crippen LogP contribution < -0.4 is 14.5 Å². The van der Waals surface area contributed by atoms with Crippen molar-refractivity contribution >= 4 is 29.2 Å². The normalized spacial score (nSPS) is 12.6. The number of anilines is 3. The summed E-state index contributed by atoms with van der Waals surface area (Å²) in [6.45, 7) is 7.09. The van der Waals surface area contributed by atoms with E-state index in [0.717, 1.165) is 44.8 Å². The van der Waals surface area contributed by atoms with Crippen molar-refractivity contribution in [1.29, 1.82) is 0 Å². The van der Waals surface area contributed by atoms with Gasteiger partial charge in [-0.05, 0) is 84.5 Å². The topological polar surface area (TPSA) is 95.9 Å². The first-order valence-corrected chi connectivity index (χ1v) is 13.3. The van der Waals surface area contributed by atoms with E-state index in [0.29, 0.717) is 36.8 Å². The van der Waals surface area contributed by atoms with Crippen molar-refractivity contribution in [1.82, 2.24) is 9.97 Å². The van der Waals surface area contributed by atoms with Crippen LogP contribution in [0, 0.1) is 13.8 Å². The Morgan fingerprint density at radius 3 is 2.50 bits per heavy atom. The number of amides is 1. The minimum atomic E-state index is -0.837. The van der Waals surface area contributed by atoms with Gasteiger partial charge in [-0.1, -0.05) is 24.3 Å². The fourth-order valence-electron chi connectivity index (χ4n) is 5.15. The molecule has 5 rings (SSSR count). The standard InChI is InChI=1S/C32H32N4O4/c1-5-36-30-26(32(39)35(4)27-7-6-13-33-31(27)36)17-23(19-34-30)12-14-40-28-11-9-24(16-21(28)3)25-10-8-22(15-20(25)2)18-29(37)38/h6-11,13,15-17,19H,5,12,14,18H2,1-4H3,(H,37,38). The van der Waals surface area contributed by atoms with Gasteiger partial charge in [-0.3, -0.25) is 9.59 Å². The molecule has 0 bridgehead atoms. The number of pyridine rings is 2. The quantitative estimate of drug-likeness (QED) is 0.306. The lowest BCUT2D eigenvalue weighted by Gasteiger charge is -2.22. The molecule has 8 nitrogen and oxygen atoms in total. The van der Waals surface area contributed by atoms with Crippen LogP contribution in [-0.4, -0.2) is 47.2 Å². The van der Waals surface area contributed by atoms with Crippen LogP contribution in [0.4, 0.5) is 17.3 Å². The Hall–Kier alpha value is -4.72. The third-order valence-corrected chi connectivity index (χ3v) is 7.19. The van der Waals surface area contributed by atoms with Gasteiger partial charge < -0.3 is 19.6 Å². The number of hydrogen-bond donors (Lipinski definition) is 1. The average Bonchev–Trinajstić information content (AvgIpc) is 3.02. The summed E-state index contributed by atoms with van der Waals surface area (Å²) in [5, 5.41) is 9.06. The molecule has 4 aromatic rings. The van der Waals surface area contributed by atoms with Crippen molar-refractivity contribution in [3.05, 3.63) is 94.8 Å². The van der Waals surface area contributed by atoms with E-state index in [2.05, 4.69) is 16.0 Å². The van der Waals surface area contributed by atoms with E-state index in [9.17, 15) is 9.59 Å². The molecule has 0 aliphatic carbocycles. The minimum absolute atomic E-state index is 0.0131. The molecule has 1 aliphatic heterocycles. The molecule has 1 N–H and O–H groups in total. The largest absolute Gasteiger partial charge is 0.493 e. The average molecular weight is 537 g/mol. The number of aliphatic carboxylic acids is 1. The molecule has 1 aliphatic rings. The van der Waals surface area contributed by atoms with Gasteiger partial charge in [0.05, 0.1) is 24.3 Å². The fraction of sp³-hybridized carbons (Fsp3) is 0.250. The number of aryl methyl sites for hydroxylation is 2. The molecule has 0 radical (unpaired) electrons. The van der Waals surface area contributed by atoms with Crippen molar-refractivity contribution in [2.75, 3.05) is 30.0 Å². The highest BCUT2D eigenvalue weighted by Crippen LogP contribution is 2.37. The summed E-state index contributed by atoms with van der Waals surface area (Å²) in [5.74, 6) is 1.16. The van der Waals surface area contributed by atoms with E-state index in [-0.39, 0.29) is 12.3 Å². The molecule has 0 fully saturated rings. The SMILES string of the molecule is CCN1c2ncc(CCOc3ccc(-c4ccc(CC(=O)O)cc4C)cc3C)cc2C(=O)N(C)c2cccnc21. The lowest BCUT2D eigenvalue weighted by molar-refractivity contribution is -0.136. The van der Waals surface area contributed by atoms with Crippen LogP contribution in [0.25, 0.3) is 11.1 Å². The van der Waals surface area contributed by atoms with E-state index >= 15 is 0 Å². The number of nitrogens with zero attached hydrogens (tertiary/aromatic N) is 4. The summed E-state index contributed by atoms with van der Waals surface area (Å²) in [5.41, 5.74) is 7.16. The van der Waals surface area contributed by atoms with Gasteiger partial charge in [-0.15, -0.1) is 0 Å². The van der Waals surface area contributed by atoms with Gasteiger partial charge in [0.25, 0.3) is 5.91 Å². The van der Waals surface area contributed by atoms with Crippen LogP contribution in [0.5, 0.6) is 5.75 Å². The summed E-state index contributed by atoms with van der Waals surface area (Å²) in [4.78, 5) is 37.2. The molecule has 2 aromatic carbocycles. The maximum atomic E-state index is 13.4. The van der Waals surface area contributed by atoms with Crippen molar-refractivity contribution in [2.24, 2.45) is 0 Å². The summed E-state index contributed by atoms with van der Waals surface area (Å²) < 4.78 is 6.13. The van der Waals surface area contributed by atoms with Gasteiger partial charge in [-0.25, -0.2) is 9.97 Å². The first-order valence-electron chi connectivity index (χ1n) is 13.3. The highest BCUT2D eigenvalue weighted by atomic mass is 16.5. The third-order valence-electron chi connectivity index (χ3n) is 7.19. The third kappa shape index (κ3) is 5.25. The van der Waals surface area contributed by atoms with Gasteiger partial charge in [0.2, 0.25) is 0 Å². The van der Waals surface area contributed by atoms with E-state index in [1.807, 2.05) is 74.2 Å². The van der Waals surface area contributed by atoms with Gasteiger partial charge in [0.1, 0.15) is 11.6 Å². The first kappa shape index (κ1) is 26.9. The number of carboxylic acid groups (broad SMARTS) is 1. The molecule has 0 atom stereocenters. The molecule has 0 spiro atoms. The highest BCUT2D eigenvalue weighted by molar-refractivity contribution is 6.12. The molecule has 1 amide bonds. The molecule has 40 heavy (non-hydrogen) atoms. The molecule has 0 saturated heterocycles. The minimum Gasteiger partial charge on any atom is -0.493 e. The maximum absolute atomic E-state index is 13.4. The number of fused-ring (bicyclic) bond motifs is 2. The maximum Gasteiger partial charge on any atom is 0.307 e. The van der Waals surface area contributed by atoms with Crippen LogP contribution in [0.15, 0.2) is 67.0 Å². The predicted octanol–water partition coefficient (Wildman–Crippen LogP) is 5.76. The zero-order valence-electron chi connectivity index (χ0n) is 23.1. The molecule has 0 unspecified atom stereocenters. The van der Waals surface area contributed by atoms with Crippen LogP contribution in [-0.2, 0) is 17.6 Å². The Bertz CT molecular complexity index is 1600. The van der Waals surface area contributed by atoms with Crippen molar-refractivity contribution in [2.45, 2.75) is 33.6 Å². The summed E-state index contributed by atoms with van der Waals surface area (Å²) >= 11 is 0. The lowest BCUT2D eigenvalue weighted by Crippen LogP contribution is -2.25. The van der Waals surface area contributed by atoms with Gasteiger partial charge in [0.15, 0.2) is 5.82 Å². The Kier molecular flexibility index (Phi) is 7.51. The van der Waals surface area contributed by atoms with Crippen LogP contribution in [0.2, 0.25) is 0 Å². The summed E-state index contributed by atoms with van der Waals surface area (Å²) in [6, 6.07) is 17.5. The molecule has 0 saturated carbocycles. The lowest BCUT2D eigenvalue weighted by atomic mass is 9.96. The smallest absolute Gasteiger partial charge is 0.307 e. The second-order valence-electron chi connectivity index (χ2n) is 9.97. The molecule has 204 valence electrons. The number of carbonyl (C=O) groups is 2. The molecular weight excluding hydrogens is 504 g/mol. The van der Waals surface area contributed by atoms with Crippen LogP contribution in [0.3, 0.4) is 0 Å². The fourth-order valence-corrected chi connectivity index (χ4v) is 5.15. The number of carboxylic acids is 1. The van der Waals surface area contributed by atoms with Gasteiger partial charge in [0, 0.05) is 32.4 Å². The molecule has 3 heterocycles. The number of carbonyl (C=O) groups excluding carboxylic acids is 1. The number of hydrogen-bond acceptors (Lipinski definition) is 6. The zero-order valence-corrected chi connectivity index (χ0v) is 23.1. The molecule has 2 aromatic heterocycles. The highest BCUT2D eigenvalue weighted by Gasteiger charge is 2.30. The molecule has 8 heteroatoms. The van der Waals surface area contributed by atoms with Crippen molar-refractivity contribution in [3.8, 4) is 16.9 Å². The Morgan fingerprint density at radius 1 is 0.950 bits per heavy atom. The van der Waals surface area contributed by atoms with E-state index in [1.165, 1.54) is 0 Å². The number of benzene rings is 2. The predicted molar refractivity (Wildman–Crippen MR) is 156 cm³/mol. The molecular formula is C32H32N4O4. The van der Waals surface area contributed by atoms with E-state index in [1.54, 1.807) is 24.3 Å². The second kappa shape index (κ2) is 11.2. The van der Waals surface area contributed by atoms with Crippen molar-refractivity contribution < 1.29 is 19.4 Å². The van der Waals surface area contributed by atoms with Gasteiger partial charge >= 0.3 is 5.97 Å². The van der Waals surface area contributed by atoms with Crippen LogP contribution >= 0.6 is 0 Å². The number of ether oxygens (including phenoxy) is 1. The van der Waals surface area contributed by atoms with Crippen LogP contribution in [0.1, 0.15) is 39.5 Å². The Balaban J connectivity index is 1.30. The summed E-state index contributed by atoms with van der Waals surface area (Å²) in [6.07, 6.45) is 4.14. The van der Waals surface area contributed by atoms with Crippen molar-refractivity contribution in [3.63, 3.8) is 0 Å². The summed E-state index contributed by atoms with van der Waals surface area (Å²) in [7, 11) is 1.76. The first-order chi connectivity index (χ1) is 19.3. The van der Waals surface area contributed by atoms with E-state index in [4.69, 9.17) is 9.84 Å². The van der Waals surface area contributed by atoms with E-state index < -0.39 is 5.97 Å². The Labute approximate surface area is 233 Å². The second-order valence-corrected chi connectivity index (χ2v) is 9.97. The number of rotatable bonds is 8. The monoisotopic (exact) mass is 536 g/mol. The number of aromatic nitrogens is 2.